The summed E-state index contributed by atoms with van der Waals surface area (Å²) in [6, 6.07) is 16.8. The van der Waals surface area contributed by atoms with Gasteiger partial charge in [-0.05, 0) is 60.4 Å². The number of carbonyl (C=O) groups excluding carboxylic acids is 2. The fraction of sp³-hybridized carbons (Fsp3) is 0.280. The van der Waals surface area contributed by atoms with Crippen molar-refractivity contribution in [1.82, 2.24) is 4.31 Å². The lowest BCUT2D eigenvalue weighted by molar-refractivity contribution is -0.120. The Morgan fingerprint density at radius 2 is 1.47 bits per heavy atom. The number of esters is 1. The smallest absolute Gasteiger partial charge is 0.350 e. The first kappa shape index (κ1) is 22.8. The Kier molecular flexibility index (Phi) is 6.24. The molecule has 0 atom stereocenters. The van der Waals surface area contributed by atoms with Crippen molar-refractivity contribution < 1.29 is 22.7 Å². The van der Waals surface area contributed by atoms with Gasteiger partial charge in [0.05, 0.1) is 11.4 Å². The maximum absolute atomic E-state index is 13.4. The SMILES string of the molecule is O=C(OCC(=O)N1c2ccccc2CCc2ccccc21)c1sccc1S(=O)(=O)N1CCCC1. The number of anilines is 2. The molecule has 0 radical (unpaired) electrons. The summed E-state index contributed by atoms with van der Waals surface area (Å²) in [6.45, 7) is 0.389. The minimum atomic E-state index is -3.77. The van der Waals surface area contributed by atoms with Gasteiger partial charge >= 0.3 is 5.97 Å². The van der Waals surface area contributed by atoms with E-state index in [9.17, 15) is 18.0 Å². The van der Waals surface area contributed by atoms with Crippen LogP contribution in [0.15, 0.2) is 64.9 Å². The molecule has 176 valence electrons. The molecule has 2 aliphatic heterocycles. The van der Waals surface area contributed by atoms with Crippen LogP contribution < -0.4 is 4.90 Å². The molecule has 3 heterocycles. The number of nitrogens with zero attached hydrogens (tertiary/aromatic N) is 2. The van der Waals surface area contributed by atoms with Gasteiger partial charge in [-0.1, -0.05) is 36.4 Å². The second kappa shape index (κ2) is 9.32. The molecule has 1 saturated heterocycles. The third-order valence-corrected chi connectivity index (χ3v) is 9.17. The summed E-state index contributed by atoms with van der Waals surface area (Å²) < 4.78 is 32.7. The molecule has 1 amide bonds. The summed E-state index contributed by atoms with van der Waals surface area (Å²) in [7, 11) is -3.77. The number of para-hydroxylation sites is 2. The van der Waals surface area contributed by atoms with Gasteiger partial charge in [-0.15, -0.1) is 11.3 Å². The largest absolute Gasteiger partial charge is 0.451 e. The minimum Gasteiger partial charge on any atom is -0.451 e. The van der Waals surface area contributed by atoms with Crippen LogP contribution in [0.3, 0.4) is 0 Å². The third kappa shape index (κ3) is 4.15. The van der Waals surface area contributed by atoms with Gasteiger partial charge in [0, 0.05) is 13.1 Å². The van der Waals surface area contributed by atoms with Gasteiger partial charge < -0.3 is 4.74 Å². The third-order valence-electron chi connectivity index (χ3n) is 6.20. The Balaban J connectivity index is 1.38. The van der Waals surface area contributed by atoms with Crippen molar-refractivity contribution in [3.63, 3.8) is 0 Å². The highest BCUT2D eigenvalue weighted by atomic mass is 32.2. The summed E-state index contributed by atoms with van der Waals surface area (Å²) in [5.41, 5.74) is 3.61. The maximum atomic E-state index is 13.4. The molecule has 5 rings (SSSR count). The van der Waals surface area contributed by atoms with E-state index in [0.717, 1.165) is 59.5 Å². The molecule has 0 spiro atoms. The van der Waals surface area contributed by atoms with Crippen molar-refractivity contribution >= 4 is 44.6 Å². The molecule has 9 heteroatoms. The van der Waals surface area contributed by atoms with Gasteiger partial charge in [0.1, 0.15) is 9.77 Å². The number of amides is 1. The van der Waals surface area contributed by atoms with Gasteiger partial charge in [-0.3, -0.25) is 9.69 Å². The number of fused-ring (bicyclic) bond motifs is 2. The summed E-state index contributed by atoms with van der Waals surface area (Å²) in [4.78, 5) is 27.8. The summed E-state index contributed by atoms with van der Waals surface area (Å²) in [5, 5.41) is 1.56. The lowest BCUT2D eigenvalue weighted by Crippen LogP contribution is -2.32. The molecule has 3 aromatic rings. The molecule has 2 aliphatic rings. The van der Waals surface area contributed by atoms with Crippen LogP contribution in [0.1, 0.15) is 33.6 Å². The van der Waals surface area contributed by atoms with Crippen molar-refractivity contribution in [3.8, 4) is 0 Å². The van der Waals surface area contributed by atoms with Gasteiger partial charge in [-0.2, -0.15) is 4.31 Å². The molecule has 7 nitrogen and oxygen atoms in total. The number of hydrogen-bond donors (Lipinski definition) is 0. The first-order valence-corrected chi connectivity index (χ1v) is 13.5. The highest BCUT2D eigenvalue weighted by Crippen LogP contribution is 2.36. The van der Waals surface area contributed by atoms with E-state index >= 15 is 0 Å². The van der Waals surface area contributed by atoms with Gasteiger partial charge in [-0.25, -0.2) is 13.2 Å². The topological polar surface area (TPSA) is 84.0 Å². The van der Waals surface area contributed by atoms with E-state index in [2.05, 4.69) is 0 Å². The van der Waals surface area contributed by atoms with E-state index in [1.165, 1.54) is 10.4 Å². The van der Waals surface area contributed by atoms with Crippen LogP contribution in [0.4, 0.5) is 11.4 Å². The molecule has 0 N–H and O–H groups in total. The molecule has 2 aromatic carbocycles. The standard InChI is InChI=1S/C25H24N2O5S2/c28-23(27-20-9-3-1-7-18(20)11-12-19-8-2-4-10-21(19)27)17-32-25(29)24-22(13-16-33-24)34(30,31)26-14-5-6-15-26/h1-4,7-10,13,16H,5-6,11-12,14-15,17H2. The lowest BCUT2D eigenvalue weighted by Gasteiger charge is -2.24. The summed E-state index contributed by atoms with van der Waals surface area (Å²) in [5.74, 6) is -1.20. The Bertz CT molecular complexity index is 1300. The van der Waals surface area contributed by atoms with Crippen LogP contribution in [0, 0.1) is 0 Å². The van der Waals surface area contributed by atoms with E-state index in [1.54, 1.807) is 10.3 Å². The van der Waals surface area contributed by atoms with Gasteiger partial charge in [0.25, 0.3) is 5.91 Å². The minimum absolute atomic E-state index is 0.00336. The van der Waals surface area contributed by atoms with Crippen molar-refractivity contribution in [2.45, 2.75) is 30.6 Å². The predicted octanol–water partition coefficient (Wildman–Crippen LogP) is 4.15. The zero-order valence-electron chi connectivity index (χ0n) is 18.5. The number of aryl methyl sites for hydroxylation is 2. The Morgan fingerprint density at radius 3 is 2.09 bits per heavy atom. The molecule has 1 fully saturated rings. The first-order chi connectivity index (χ1) is 16.5. The van der Waals surface area contributed by atoms with Crippen LogP contribution in [-0.2, 0) is 32.4 Å². The zero-order chi connectivity index (χ0) is 23.7. The number of benzene rings is 2. The van der Waals surface area contributed by atoms with Crippen LogP contribution in [0.25, 0.3) is 0 Å². The van der Waals surface area contributed by atoms with Crippen molar-refractivity contribution in [3.05, 3.63) is 76.0 Å². The van der Waals surface area contributed by atoms with E-state index in [0.29, 0.717) is 13.1 Å². The number of ether oxygens (including phenoxy) is 1. The Morgan fingerprint density at radius 1 is 0.882 bits per heavy atom. The highest BCUT2D eigenvalue weighted by Gasteiger charge is 2.33. The molecule has 0 unspecified atom stereocenters. The number of carbonyl (C=O) groups is 2. The first-order valence-electron chi connectivity index (χ1n) is 11.2. The molecular formula is C25H24N2O5S2. The van der Waals surface area contributed by atoms with Crippen molar-refractivity contribution in [2.75, 3.05) is 24.6 Å². The molecule has 0 aliphatic carbocycles. The molecule has 0 saturated carbocycles. The van der Waals surface area contributed by atoms with E-state index in [-0.39, 0.29) is 9.77 Å². The number of rotatable bonds is 5. The summed E-state index contributed by atoms with van der Waals surface area (Å²) >= 11 is 1.01. The average molecular weight is 497 g/mol. The van der Waals surface area contributed by atoms with E-state index in [4.69, 9.17) is 4.74 Å². The van der Waals surface area contributed by atoms with Crippen LogP contribution in [0.2, 0.25) is 0 Å². The van der Waals surface area contributed by atoms with Gasteiger partial charge in [0.15, 0.2) is 6.61 Å². The van der Waals surface area contributed by atoms with Crippen LogP contribution >= 0.6 is 11.3 Å². The predicted molar refractivity (Wildman–Crippen MR) is 130 cm³/mol. The van der Waals surface area contributed by atoms with Crippen molar-refractivity contribution in [1.29, 1.82) is 0 Å². The number of thiophene rings is 1. The molecule has 34 heavy (non-hydrogen) atoms. The number of hydrogen-bond acceptors (Lipinski definition) is 6. The number of sulfonamides is 1. The fourth-order valence-electron chi connectivity index (χ4n) is 4.52. The quantitative estimate of drug-likeness (QED) is 0.496. The second-order valence-corrected chi connectivity index (χ2v) is 11.1. The maximum Gasteiger partial charge on any atom is 0.350 e. The second-order valence-electron chi connectivity index (χ2n) is 8.29. The highest BCUT2D eigenvalue weighted by molar-refractivity contribution is 7.89. The fourth-order valence-corrected chi connectivity index (χ4v) is 7.32. The van der Waals surface area contributed by atoms with Crippen LogP contribution in [0.5, 0.6) is 0 Å². The van der Waals surface area contributed by atoms with E-state index in [1.807, 2.05) is 48.5 Å². The van der Waals surface area contributed by atoms with Crippen LogP contribution in [-0.4, -0.2) is 44.3 Å². The molecule has 1 aromatic heterocycles. The molecule has 0 bridgehead atoms. The normalized spacial score (nSPS) is 15.9. The van der Waals surface area contributed by atoms with Gasteiger partial charge in [0.2, 0.25) is 10.0 Å². The zero-order valence-corrected chi connectivity index (χ0v) is 20.1. The molecular weight excluding hydrogens is 472 g/mol. The Labute approximate surface area is 202 Å². The van der Waals surface area contributed by atoms with Crippen molar-refractivity contribution in [2.24, 2.45) is 0 Å². The Hall–Kier alpha value is -3.01. The van der Waals surface area contributed by atoms with E-state index < -0.39 is 28.5 Å². The summed E-state index contributed by atoms with van der Waals surface area (Å²) in [6.07, 6.45) is 3.19. The average Bonchev–Trinajstić information content (AvgIpc) is 3.53. The lowest BCUT2D eigenvalue weighted by atomic mass is 10.0. The monoisotopic (exact) mass is 496 g/mol.